The Labute approximate surface area is 108 Å². The molecule has 0 saturated carbocycles. The van der Waals surface area contributed by atoms with Crippen molar-refractivity contribution in [3.63, 3.8) is 0 Å². The molecule has 0 aliphatic rings. The molecule has 1 amide bonds. The van der Waals surface area contributed by atoms with Gasteiger partial charge in [0.05, 0.1) is 5.41 Å². The van der Waals surface area contributed by atoms with Gasteiger partial charge in [-0.05, 0) is 26.0 Å². The van der Waals surface area contributed by atoms with Gasteiger partial charge in [0.25, 0.3) is 0 Å². The van der Waals surface area contributed by atoms with Gasteiger partial charge in [0.1, 0.15) is 0 Å². The highest BCUT2D eigenvalue weighted by Crippen LogP contribution is 2.30. The quantitative estimate of drug-likeness (QED) is 0.702. The van der Waals surface area contributed by atoms with E-state index in [0.717, 1.165) is 5.75 Å². The molecule has 0 radical (unpaired) electrons. The molecule has 0 rings (SSSR count). The van der Waals surface area contributed by atoms with Crippen LogP contribution >= 0.6 is 11.8 Å². The normalized spacial score (nSPS) is 13.2. The lowest BCUT2D eigenvalue weighted by atomic mass is 9.79. The van der Waals surface area contributed by atoms with Gasteiger partial charge in [-0.2, -0.15) is 11.8 Å². The first-order valence-electron chi connectivity index (χ1n) is 5.93. The van der Waals surface area contributed by atoms with Gasteiger partial charge in [0.15, 0.2) is 0 Å². The average Bonchev–Trinajstić information content (AvgIpc) is 2.25. The Morgan fingerprint density at radius 2 is 1.88 bits per heavy atom. The van der Waals surface area contributed by atoms with E-state index in [4.69, 9.17) is 0 Å². The molecule has 1 unspecified atom stereocenters. The molecule has 0 bridgehead atoms. The number of nitrogens with one attached hydrogen (secondary N) is 1. The van der Waals surface area contributed by atoms with E-state index in [0.29, 0.717) is 12.8 Å². The van der Waals surface area contributed by atoms with Crippen LogP contribution in [0.3, 0.4) is 0 Å². The zero-order valence-corrected chi connectivity index (χ0v) is 11.9. The molecule has 0 aliphatic heterocycles. The van der Waals surface area contributed by atoms with E-state index in [2.05, 4.69) is 5.32 Å². The van der Waals surface area contributed by atoms with E-state index in [9.17, 15) is 14.7 Å². The third-order valence-electron chi connectivity index (χ3n) is 3.13. The Hall–Kier alpha value is -0.710. The second-order valence-corrected chi connectivity index (χ2v) is 5.30. The molecule has 0 saturated heterocycles. The van der Waals surface area contributed by atoms with Gasteiger partial charge in [-0.3, -0.25) is 9.59 Å². The van der Waals surface area contributed by atoms with Crippen molar-refractivity contribution in [1.29, 1.82) is 0 Å². The topological polar surface area (TPSA) is 66.4 Å². The molecule has 0 aromatic rings. The summed E-state index contributed by atoms with van der Waals surface area (Å²) in [6.45, 7) is 5.56. The van der Waals surface area contributed by atoms with Crippen molar-refractivity contribution in [3.05, 3.63) is 0 Å². The minimum atomic E-state index is -0.914. The fourth-order valence-corrected chi connectivity index (χ4v) is 2.39. The maximum Gasteiger partial charge on any atom is 0.310 e. The van der Waals surface area contributed by atoms with Crippen LogP contribution in [0.4, 0.5) is 0 Å². The van der Waals surface area contributed by atoms with Crippen molar-refractivity contribution in [2.24, 2.45) is 5.41 Å². The molecular weight excluding hydrogens is 238 g/mol. The molecule has 0 aromatic carbocycles. The van der Waals surface area contributed by atoms with E-state index in [1.807, 2.05) is 27.0 Å². The highest BCUT2D eigenvalue weighted by molar-refractivity contribution is 7.98. The van der Waals surface area contributed by atoms with E-state index >= 15 is 0 Å². The van der Waals surface area contributed by atoms with Crippen LogP contribution in [0, 0.1) is 5.41 Å². The first-order valence-corrected chi connectivity index (χ1v) is 7.33. The van der Waals surface area contributed by atoms with Crippen LogP contribution in [-0.2, 0) is 9.59 Å². The standard InChI is InChI=1S/C12H23NO3S/c1-5-12(6-2,11(15)16)7-10(14)13-9(3)8-17-4/h9H,5-8H2,1-4H3,(H,13,14)(H,15,16). The maximum absolute atomic E-state index is 11.8. The molecule has 0 heterocycles. The zero-order valence-electron chi connectivity index (χ0n) is 11.1. The van der Waals surface area contributed by atoms with Crippen LogP contribution in [0.25, 0.3) is 0 Å². The van der Waals surface area contributed by atoms with Crippen molar-refractivity contribution in [3.8, 4) is 0 Å². The highest BCUT2D eigenvalue weighted by Gasteiger charge is 2.37. The Bertz CT molecular complexity index is 264. The molecule has 1 atom stereocenters. The van der Waals surface area contributed by atoms with Crippen LogP contribution in [0.2, 0.25) is 0 Å². The SMILES string of the molecule is CCC(CC)(CC(=O)NC(C)CSC)C(=O)O. The lowest BCUT2D eigenvalue weighted by Gasteiger charge is -2.26. The van der Waals surface area contributed by atoms with Crippen molar-refractivity contribution in [1.82, 2.24) is 5.32 Å². The fraction of sp³-hybridized carbons (Fsp3) is 0.833. The second-order valence-electron chi connectivity index (χ2n) is 4.39. The van der Waals surface area contributed by atoms with Gasteiger partial charge in [0, 0.05) is 18.2 Å². The molecule has 0 spiro atoms. The van der Waals surface area contributed by atoms with Crippen molar-refractivity contribution < 1.29 is 14.7 Å². The van der Waals surface area contributed by atoms with Gasteiger partial charge in [-0.25, -0.2) is 0 Å². The largest absolute Gasteiger partial charge is 0.481 e. The van der Waals surface area contributed by atoms with Crippen LogP contribution in [0.1, 0.15) is 40.0 Å². The maximum atomic E-state index is 11.8. The van der Waals surface area contributed by atoms with E-state index in [1.165, 1.54) is 0 Å². The third-order valence-corrected chi connectivity index (χ3v) is 3.96. The fourth-order valence-electron chi connectivity index (χ4n) is 1.80. The number of thioether (sulfide) groups is 1. The predicted octanol–water partition coefficient (Wildman–Crippen LogP) is 2.14. The Morgan fingerprint density at radius 1 is 1.35 bits per heavy atom. The van der Waals surface area contributed by atoms with Gasteiger partial charge in [-0.15, -0.1) is 0 Å². The molecular formula is C12H23NO3S. The summed E-state index contributed by atoms with van der Waals surface area (Å²) >= 11 is 1.66. The average molecular weight is 261 g/mol. The van der Waals surface area contributed by atoms with Gasteiger partial charge < -0.3 is 10.4 Å². The Morgan fingerprint density at radius 3 is 2.24 bits per heavy atom. The molecule has 100 valence electrons. The summed E-state index contributed by atoms with van der Waals surface area (Å²) < 4.78 is 0. The van der Waals surface area contributed by atoms with Gasteiger partial charge in [-0.1, -0.05) is 13.8 Å². The van der Waals surface area contributed by atoms with E-state index < -0.39 is 11.4 Å². The minimum absolute atomic E-state index is 0.0635. The van der Waals surface area contributed by atoms with Crippen molar-refractivity contribution >= 4 is 23.6 Å². The lowest BCUT2D eigenvalue weighted by Crippen LogP contribution is -2.40. The number of rotatable bonds is 8. The Kier molecular flexibility index (Phi) is 7.27. The second kappa shape index (κ2) is 7.58. The van der Waals surface area contributed by atoms with Gasteiger partial charge >= 0.3 is 5.97 Å². The predicted molar refractivity (Wildman–Crippen MR) is 71.3 cm³/mol. The number of carboxylic acids is 1. The van der Waals surface area contributed by atoms with E-state index in [-0.39, 0.29) is 18.4 Å². The number of carboxylic acid groups (broad SMARTS) is 1. The number of aliphatic carboxylic acids is 1. The minimum Gasteiger partial charge on any atom is -0.481 e. The van der Waals surface area contributed by atoms with Gasteiger partial charge in [0.2, 0.25) is 5.91 Å². The molecule has 2 N–H and O–H groups in total. The van der Waals surface area contributed by atoms with Crippen LogP contribution < -0.4 is 5.32 Å². The lowest BCUT2D eigenvalue weighted by molar-refractivity contribution is -0.152. The molecule has 0 aliphatic carbocycles. The van der Waals surface area contributed by atoms with E-state index in [1.54, 1.807) is 11.8 Å². The van der Waals surface area contributed by atoms with Crippen LogP contribution in [-0.4, -0.2) is 35.0 Å². The summed E-state index contributed by atoms with van der Waals surface area (Å²) in [7, 11) is 0. The zero-order chi connectivity index (χ0) is 13.5. The summed E-state index contributed by atoms with van der Waals surface area (Å²) in [6, 6.07) is 0.0812. The summed E-state index contributed by atoms with van der Waals surface area (Å²) in [4.78, 5) is 23.0. The molecule has 17 heavy (non-hydrogen) atoms. The molecule has 5 heteroatoms. The number of hydrogen-bond donors (Lipinski definition) is 2. The highest BCUT2D eigenvalue weighted by atomic mass is 32.2. The smallest absolute Gasteiger partial charge is 0.310 e. The first kappa shape index (κ1) is 16.3. The summed E-state index contributed by atoms with van der Waals surface area (Å²) in [5, 5.41) is 12.1. The van der Waals surface area contributed by atoms with Crippen LogP contribution in [0.5, 0.6) is 0 Å². The number of amides is 1. The van der Waals surface area contributed by atoms with Crippen molar-refractivity contribution in [2.45, 2.75) is 46.1 Å². The number of carbonyl (C=O) groups is 2. The summed E-state index contributed by atoms with van der Waals surface area (Å²) in [6.07, 6.45) is 2.99. The third kappa shape index (κ3) is 4.98. The molecule has 4 nitrogen and oxygen atoms in total. The summed E-state index contributed by atoms with van der Waals surface area (Å²) in [5.41, 5.74) is -0.914. The first-order chi connectivity index (χ1) is 7.91. The molecule has 0 aromatic heterocycles. The molecule has 0 fully saturated rings. The number of hydrogen-bond acceptors (Lipinski definition) is 3. The monoisotopic (exact) mass is 261 g/mol. The van der Waals surface area contributed by atoms with Crippen molar-refractivity contribution in [2.75, 3.05) is 12.0 Å². The number of carbonyl (C=O) groups excluding carboxylic acids is 1. The summed E-state index contributed by atoms with van der Waals surface area (Å²) in [5.74, 6) is -0.211. The van der Waals surface area contributed by atoms with Crippen LogP contribution in [0.15, 0.2) is 0 Å². The Balaban J connectivity index is 4.47.